The third kappa shape index (κ3) is 5.20. The van der Waals surface area contributed by atoms with E-state index in [-0.39, 0.29) is 17.9 Å². The predicted molar refractivity (Wildman–Crippen MR) is 102 cm³/mol. The molecule has 2 aliphatic heterocycles. The van der Waals surface area contributed by atoms with Crippen LogP contribution in [0.5, 0.6) is 5.75 Å². The zero-order valence-corrected chi connectivity index (χ0v) is 16.0. The molecule has 2 aliphatic rings. The normalized spacial score (nSPS) is 20.6. The zero-order chi connectivity index (χ0) is 19.1. The van der Waals surface area contributed by atoms with Crippen LogP contribution in [0.1, 0.15) is 29.6 Å². The Bertz CT molecular complexity index is 635. The van der Waals surface area contributed by atoms with E-state index in [2.05, 4.69) is 5.32 Å². The molecule has 0 aromatic heterocycles. The van der Waals surface area contributed by atoms with Crippen LogP contribution in [0.4, 0.5) is 0 Å². The average Bonchev–Trinajstić information content (AvgIpc) is 2.72. The van der Waals surface area contributed by atoms with Crippen LogP contribution in [-0.2, 0) is 9.53 Å². The van der Waals surface area contributed by atoms with Crippen LogP contribution in [0.15, 0.2) is 24.3 Å². The summed E-state index contributed by atoms with van der Waals surface area (Å²) in [6.45, 7) is 4.56. The van der Waals surface area contributed by atoms with Crippen LogP contribution in [0, 0.1) is 0 Å². The standard InChI is InChI=1S/C20H29N3O4/c1-26-12-3-13-27-18-7-5-16(6-8-18)20(25)22-10-2-4-17(15-22)23-11-9-21-14-19(23)24/h5-8,17,21H,2-4,9-15H2,1H3. The predicted octanol–water partition coefficient (Wildman–Crippen LogP) is 1.14. The number of likely N-dealkylation sites (tertiary alicyclic amines) is 1. The van der Waals surface area contributed by atoms with Crippen LogP contribution in [0.2, 0.25) is 0 Å². The number of hydrogen-bond acceptors (Lipinski definition) is 5. The molecule has 0 spiro atoms. The molecule has 7 nitrogen and oxygen atoms in total. The van der Waals surface area contributed by atoms with Gasteiger partial charge in [-0.2, -0.15) is 0 Å². The molecule has 148 valence electrons. The molecule has 2 amide bonds. The maximum absolute atomic E-state index is 12.9. The number of carbonyl (C=O) groups excluding carboxylic acids is 2. The van der Waals surface area contributed by atoms with Crippen LogP contribution < -0.4 is 10.1 Å². The van der Waals surface area contributed by atoms with E-state index >= 15 is 0 Å². The second kappa shape index (κ2) is 9.71. The number of benzene rings is 1. The fourth-order valence-corrected chi connectivity index (χ4v) is 3.67. The molecule has 1 atom stereocenters. The summed E-state index contributed by atoms with van der Waals surface area (Å²) < 4.78 is 10.6. The van der Waals surface area contributed by atoms with Gasteiger partial charge in [-0.3, -0.25) is 9.59 Å². The van der Waals surface area contributed by atoms with E-state index in [4.69, 9.17) is 9.47 Å². The van der Waals surface area contributed by atoms with E-state index in [1.165, 1.54) is 0 Å². The molecule has 7 heteroatoms. The van der Waals surface area contributed by atoms with Crippen LogP contribution in [0.3, 0.4) is 0 Å². The molecule has 0 bridgehead atoms. The molecule has 0 radical (unpaired) electrons. The van der Waals surface area contributed by atoms with E-state index in [9.17, 15) is 9.59 Å². The van der Waals surface area contributed by atoms with Gasteiger partial charge in [0, 0.05) is 57.9 Å². The van der Waals surface area contributed by atoms with Gasteiger partial charge >= 0.3 is 0 Å². The first-order valence-corrected chi connectivity index (χ1v) is 9.70. The van der Waals surface area contributed by atoms with E-state index in [1.54, 1.807) is 7.11 Å². The Kier molecular flexibility index (Phi) is 7.06. The van der Waals surface area contributed by atoms with Crippen molar-refractivity contribution in [2.24, 2.45) is 0 Å². The number of rotatable bonds is 7. The molecule has 2 fully saturated rings. The number of nitrogens with zero attached hydrogens (tertiary/aromatic N) is 2. The lowest BCUT2D eigenvalue weighted by atomic mass is 10.0. The number of hydrogen-bond donors (Lipinski definition) is 1. The molecule has 0 saturated carbocycles. The minimum absolute atomic E-state index is 0.0215. The van der Waals surface area contributed by atoms with Gasteiger partial charge in [-0.15, -0.1) is 0 Å². The average molecular weight is 375 g/mol. The smallest absolute Gasteiger partial charge is 0.253 e. The van der Waals surface area contributed by atoms with E-state index < -0.39 is 0 Å². The SMILES string of the molecule is COCCCOc1ccc(C(=O)N2CCCC(N3CCNCC3=O)C2)cc1. The first-order valence-electron chi connectivity index (χ1n) is 9.70. The highest BCUT2D eigenvalue weighted by molar-refractivity contribution is 5.94. The molecule has 2 heterocycles. The molecule has 1 aromatic carbocycles. The van der Waals surface area contributed by atoms with Crippen LogP contribution in [-0.4, -0.2) is 80.7 Å². The van der Waals surface area contributed by atoms with Crippen molar-refractivity contribution in [2.75, 3.05) is 53.0 Å². The summed E-state index contributed by atoms with van der Waals surface area (Å²) in [5.41, 5.74) is 0.659. The number of piperazine rings is 1. The summed E-state index contributed by atoms with van der Waals surface area (Å²) in [5, 5.41) is 3.10. The van der Waals surface area contributed by atoms with Crippen molar-refractivity contribution in [3.8, 4) is 5.75 Å². The minimum atomic E-state index is 0.0215. The molecule has 1 N–H and O–H groups in total. The Balaban J connectivity index is 1.55. The van der Waals surface area contributed by atoms with Crippen molar-refractivity contribution in [3.05, 3.63) is 29.8 Å². The lowest BCUT2D eigenvalue weighted by molar-refractivity contribution is -0.135. The summed E-state index contributed by atoms with van der Waals surface area (Å²) in [5.74, 6) is 0.911. The Morgan fingerprint density at radius 2 is 2.04 bits per heavy atom. The number of carbonyl (C=O) groups is 2. The van der Waals surface area contributed by atoms with Crippen LogP contribution >= 0.6 is 0 Å². The largest absolute Gasteiger partial charge is 0.494 e. The van der Waals surface area contributed by atoms with E-state index in [0.717, 1.165) is 44.6 Å². The number of amides is 2. The van der Waals surface area contributed by atoms with Gasteiger partial charge in [0.2, 0.25) is 5.91 Å². The van der Waals surface area contributed by atoms with Crippen molar-refractivity contribution < 1.29 is 19.1 Å². The monoisotopic (exact) mass is 375 g/mol. The van der Waals surface area contributed by atoms with Gasteiger partial charge in [0.05, 0.1) is 13.2 Å². The second-order valence-corrected chi connectivity index (χ2v) is 7.03. The van der Waals surface area contributed by atoms with Gasteiger partial charge in [-0.1, -0.05) is 0 Å². The molecule has 1 unspecified atom stereocenters. The third-order valence-electron chi connectivity index (χ3n) is 5.11. The van der Waals surface area contributed by atoms with E-state index in [1.807, 2.05) is 34.1 Å². The van der Waals surface area contributed by atoms with Crippen molar-refractivity contribution in [2.45, 2.75) is 25.3 Å². The van der Waals surface area contributed by atoms with Crippen molar-refractivity contribution >= 4 is 11.8 Å². The fraction of sp³-hybridized carbons (Fsp3) is 0.600. The molecule has 2 saturated heterocycles. The summed E-state index contributed by atoms with van der Waals surface area (Å²) in [6, 6.07) is 7.42. The van der Waals surface area contributed by atoms with Crippen molar-refractivity contribution in [3.63, 3.8) is 0 Å². The highest BCUT2D eigenvalue weighted by atomic mass is 16.5. The summed E-state index contributed by atoms with van der Waals surface area (Å²) in [4.78, 5) is 28.8. The summed E-state index contributed by atoms with van der Waals surface area (Å²) >= 11 is 0. The third-order valence-corrected chi connectivity index (χ3v) is 5.11. The van der Waals surface area contributed by atoms with Crippen LogP contribution in [0.25, 0.3) is 0 Å². The number of nitrogens with one attached hydrogen (secondary N) is 1. The molecule has 0 aliphatic carbocycles. The van der Waals surface area contributed by atoms with Crippen molar-refractivity contribution in [1.82, 2.24) is 15.1 Å². The summed E-state index contributed by atoms with van der Waals surface area (Å²) in [6.07, 6.45) is 2.72. The van der Waals surface area contributed by atoms with Gasteiger partial charge < -0.3 is 24.6 Å². The Labute approximate surface area is 160 Å². The quantitative estimate of drug-likeness (QED) is 0.724. The number of ether oxygens (including phenoxy) is 2. The molecule has 27 heavy (non-hydrogen) atoms. The number of piperidine rings is 1. The topological polar surface area (TPSA) is 71.1 Å². The highest BCUT2D eigenvalue weighted by Gasteiger charge is 2.31. The number of methoxy groups -OCH3 is 1. The molecule has 1 aromatic rings. The highest BCUT2D eigenvalue weighted by Crippen LogP contribution is 2.20. The molecular formula is C20H29N3O4. The maximum Gasteiger partial charge on any atom is 0.253 e. The van der Waals surface area contributed by atoms with Gasteiger partial charge in [-0.25, -0.2) is 0 Å². The minimum Gasteiger partial charge on any atom is -0.494 e. The fourth-order valence-electron chi connectivity index (χ4n) is 3.67. The molecule has 3 rings (SSSR count). The first-order chi connectivity index (χ1) is 13.2. The van der Waals surface area contributed by atoms with Gasteiger partial charge in [-0.05, 0) is 37.1 Å². The zero-order valence-electron chi connectivity index (χ0n) is 16.0. The summed E-state index contributed by atoms with van der Waals surface area (Å²) in [7, 11) is 1.67. The second-order valence-electron chi connectivity index (χ2n) is 7.03. The molecular weight excluding hydrogens is 346 g/mol. The van der Waals surface area contributed by atoms with Gasteiger partial charge in [0.15, 0.2) is 0 Å². The van der Waals surface area contributed by atoms with Gasteiger partial charge in [0.1, 0.15) is 5.75 Å². The van der Waals surface area contributed by atoms with Crippen molar-refractivity contribution in [1.29, 1.82) is 0 Å². The Hall–Kier alpha value is -2.12. The Morgan fingerprint density at radius 1 is 1.22 bits per heavy atom. The Morgan fingerprint density at radius 3 is 2.78 bits per heavy atom. The lowest BCUT2D eigenvalue weighted by Gasteiger charge is -2.41. The first kappa shape index (κ1) is 19.6. The van der Waals surface area contributed by atoms with E-state index in [0.29, 0.717) is 31.9 Å². The maximum atomic E-state index is 12.9. The lowest BCUT2D eigenvalue weighted by Crippen LogP contribution is -2.57. The van der Waals surface area contributed by atoms with Gasteiger partial charge in [0.25, 0.3) is 5.91 Å².